The Balaban J connectivity index is 1.04. The summed E-state index contributed by atoms with van der Waals surface area (Å²) in [7, 11) is 0. The Labute approximate surface area is 409 Å². The van der Waals surface area contributed by atoms with Gasteiger partial charge in [-0.3, -0.25) is 0 Å². The van der Waals surface area contributed by atoms with Crippen molar-refractivity contribution in [2.75, 3.05) is 9.80 Å². The van der Waals surface area contributed by atoms with Crippen LogP contribution in [0.1, 0.15) is 25.8 Å². The molecule has 0 amide bonds. The number of hydrogen-bond acceptors (Lipinski definition) is 2. The van der Waals surface area contributed by atoms with Crippen molar-refractivity contribution in [3.63, 3.8) is 0 Å². The Morgan fingerprint density at radius 2 is 0.884 bits per heavy atom. The van der Waals surface area contributed by atoms with Crippen molar-refractivity contribution in [3.8, 4) is 55.6 Å². The van der Waals surface area contributed by atoms with E-state index in [1.54, 1.807) is 6.08 Å². The highest BCUT2D eigenvalue weighted by Crippen LogP contribution is 2.42. The Hall–Kier alpha value is -8.72. The summed E-state index contributed by atoms with van der Waals surface area (Å²) in [6, 6.07) is 83.0. The van der Waals surface area contributed by atoms with E-state index in [1.807, 2.05) is 12.2 Å². The summed E-state index contributed by atoms with van der Waals surface area (Å²) in [5.74, 6) is 0. The van der Waals surface area contributed by atoms with E-state index in [9.17, 15) is 0 Å². The number of rotatable bonds is 16. The Bertz CT molecular complexity index is 3250. The average molecular weight is 889 g/mol. The van der Waals surface area contributed by atoms with Crippen molar-refractivity contribution in [3.05, 3.63) is 291 Å². The summed E-state index contributed by atoms with van der Waals surface area (Å²) in [6.07, 6.45) is 13.2. The zero-order valence-corrected chi connectivity index (χ0v) is 39.4. The quantitative estimate of drug-likeness (QED) is 0.0892. The molecule has 0 unspecified atom stereocenters. The molecule has 9 aromatic rings. The molecule has 9 rings (SSSR count). The lowest BCUT2D eigenvalue weighted by Gasteiger charge is -2.27. The van der Waals surface area contributed by atoms with Gasteiger partial charge in [0.25, 0.3) is 0 Å². The van der Waals surface area contributed by atoms with Gasteiger partial charge >= 0.3 is 0 Å². The van der Waals surface area contributed by atoms with Gasteiger partial charge in [-0.1, -0.05) is 208 Å². The van der Waals surface area contributed by atoms with Crippen LogP contribution >= 0.6 is 0 Å². The monoisotopic (exact) mass is 888 g/mol. The molecule has 0 radical (unpaired) electrons. The first-order valence-electron chi connectivity index (χ1n) is 23.7. The van der Waals surface area contributed by atoms with E-state index in [2.05, 4.69) is 286 Å². The van der Waals surface area contributed by atoms with Crippen LogP contribution in [0.5, 0.6) is 0 Å². The first-order valence-corrected chi connectivity index (χ1v) is 23.7. The van der Waals surface area contributed by atoms with Crippen molar-refractivity contribution in [2.45, 2.75) is 20.3 Å². The highest BCUT2D eigenvalue weighted by Gasteiger charge is 2.18. The number of anilines is 5. The number of nitrogens with zero attached hydrogens (tertiary/aromatic N) is 2. The molecule has 0 fully saturated rings. The smallest absolute Gasteiger partial charge is 0.0468 e. The van der Waals surface area contributed by atoms with Crippen molar-refractivity contribution in [1.82, 2.24) is 0 Å². The summed E-state index contributed by atoms with van der Waals surface area (Å²) < 4.78 is 0. The summed E-state index contributed by atoms with van der Waals surface area (Å²) in [5, 5.41) is 0. The lowest BCUT2D eigenvalue weighted by molar-refractivity contribution is 1.13. The maximum Gasteiger partial charge on any atom is 0.0468 e. The summed E-state index contributed by atoms with van der Waals surface area (Å²) in [5.41, 5.74) is 20.4. The second kappa shape index (κ2) is 21.7. The molecule has 0 aliphatic heterocycles. The Morgan fingerprint density at radius 1 is 0.420 bits per heavy atom. The summed E-state index contributed by atoms with van der Waals surface area (Å²) >= 11 is 0. The third-order valence-electron chi connectivity index (χ3n) is 12.4. The maximum absolute atomic E-state index is 4.02. The van der Waals surface area contributed by atoms with Crippen molar-refractivity contribution in [2.24, 2.45) is 0 Å². The van der Waals surface area contributed by atoms with Gasteiger partial charge in [0.2, 0.25) is 0 Å². The van der Waals surface area contributed by atoms with Crippen LogP contribution in [0.25, 0.3) is 61.2 Å². The molecule has 0 spiro atoms. The fourth-order valence-electron chi connectivity index (χ4n) is 9.06. The second-order valence-corrected chi connectivity index (χ2v) is 16.9. The highest BCUT2D eigenvalue weighted by molar-refractivity contribution is 5.90. The minimum Gasteiger partial charge on any atom is -0.311 e. The van der Waals surface area contributed by atoms with Crippen LogP contribution in [0.4, 0.5) is 28.4 Å². The van der Waals surface area contributed by atoms with Crippen LogP contribution in [0.15, 0.2) is 286 Å². The van der Waals surface area contributed by atoms with Crippen LogP contribution in [-0.4, -0.2) is 0 Å². The Kier molecular flexibility index (Phi) is 14.3. The van der Waals surface area contributed by atoms with Crippen LogP contribution in [0.2, 0.25) is 0 Å². The van der Waals surface area contributed by atoms with Crippen molar-refractivity contribution >= 4 is 34.0 Å². The van der Waals surface area contributed by atoms with Crippen LogP contribution in [0, 0.1) is 0 Å². The first kappa shape index (κ1) is 45.4. The molecule has 2 nitrogen and oxygen atoms in total. The van der Waals surface area contributed by atoms with E-state index in [1.165, 1.54) is 27.8 Å². The third kappa shape index (κ3) is 10.3. The van der Waals surface area contributed by atoms with Crippen LogP contribution in [0.3, 0.4) is 0 Å². The molecule has 9 aromatic carbocycles. The molecular weight excluding hydrogens is 833 g/mol. The minimum absolute atomic E-state index is 0.929. The fraction of sp³-hybridized carbons (Fsp3) is 0.0448. The predicted octanol–water partition coefficient (Wildman–Crippen LogP) is 19.3. The number of benzene rings is 9. The van der Waals surface area contributed by atoms with Crippen LogP contribution in [-0.2, 0) is 0 Å². The number of hydrogen-bond donors (Lipinski definition) is 0. The molecule has 0 saturated carbocycles. The van der Waals surface area contributed by atoms with Gasteiger partial charge in [0.05, 0.1) is 0 Å². The molecular formula is C67H56N2. The first-order chi connectivity index (χ1) is 34.0. The van der Waals surface area contributed by atoms with E-state index < -0.39 is 0 Å². The molecule has 0 aliphatic rings. The number of para-hydroxylation sites is 1. The number of allylic oxidation sites excluding steroid dienone is 7. The summed E-state index contributed by atoms with van der Waals surface area (Å²) in [6.45, 7) is 12.2. The molecule has 0 bridgehead atoms. The van der Waals surface area contributed by atoms with E-state index in [0.717, 1.165) is 79.5 Å². The SMILES string of the molecule is C=C/C=C(\C=C)c1ccc(N(c2ccccc2)c2ccc(-c3cccc(-c4cccc(-c5ccc(N(C(/C=C\C)=C/CC)c6ccc(-c7ccccc7)cc6)cc5)c4)c3)c(-c3ccccc3)c2)cc1. The van der Waals surface area contributed by atoms with Gasteiger partial charge in [-0.25, -0.2) is 0 Å². The lowest BCUT2D eigenvalue weighted by Crippen LogP contribution is -2.15. The van der Waals surface area contributed by atoms with E-state index in [4.69, 9.17) is 0 Å². The molecule has 2 heteroatoms. The summed E-state index contributed by atoms with van der Waals surface area (Å²) in [4.78, 5) is 4.67. The zero-order chi connectivity index (χ0) is 47.4. The van der Waals surface area contributed by atoms with Gasteiger partial charge in [0, 0.05) is 34.1 Å². The minimum atomic E-state index is 0.929. The van der Waals surface area contributed by atoms with E-state index in [-0.39, 0.29) is 0 Å². The highest BCUT2D eigenvalue weighted by atomic mass is 15.1. The molecule has 0 aromatic heterocycles. The van der Waals surface area contributed by atoms with Gasteiger partial charge in [-0.05, 0) is 159 Å². The van der Waals surface area contributed by atoms with Gasteiger partial charge in [-0.2, -0.15) is 0 Å². The van der Waals surface area contributed by atoms with E-state index >= 15 is 0 Å². The lowest BCUT2D eigenvalue weighted by atomic mass is 9.91. The van der Waals surface area contributed by atoms with Gasteiger partial charge in [-0.15, -0.1) is 0 Å². The largest absolute Gasteiger partial charge is 0.311 e. The molecule has 0 N–H and O–H groups in total. The van der Waals surface area contributed by atoms with Crippen molar-refractivity contribution in [1.29, 1.82) is 0 Å². The zero-order valence-electron chi connectivity index (χ0n) is 39.4. The van der Waals surface area contributed by atoms with Crippen LogP contribution < -0.4 is 9.80 Å². The maximum atomic E-state index is 4.02. The predicted molar refractivity (Wildman–Crippen MR) is 298 cm³/mol. The molecule has 0 heterocycles. The standard InChI is InChI=1S/C67H56N2/c1-5-20-50(8-4)52-33-39-64(40-34-52)69(61-31-16-11-17-32-61)65-45-46-66(67(49-65)55-25-14-10-15-26-55)59-30-19-29-58(48-59)57-28-18-27-56(47-57)54-37-43-63(44-38-54)68(60(21-6-2)22-7-3)62-41-35-53(36-42-62)51-23-12-9-13-24-51/h5-6,8-49H,1,4,7H2,2-3H3/b21-6-,50-20+,60-22+. The molecule has 69 heavy (non-hydrogen) atoms. The third-order valence-corrected chi connectivity index (χ3v) is 12.4. The van der Waals surface area contributed by atoms with E-state index in [0.29, 0.717) is 0 Å². The second-order valence-electron chi connectivity index (χ2n) is 16.9. The van der Waals surface area contributed by atoms with Crippen molar-refractivity contribution < 1.29 is 0 Å². The Morgan fingerprint density at radius 3 is 1.45 bits per heavy atom. The molecule has 0 atom stereocenters. The van der Waals surface area contributed by atoms with Gasteiger partial charge in [0.15, 0.2) is 0 Å². The average Bonchev–Trinajstić information content (AvgIpc) is 3.42. The van der Waals surface area contributed by atoms with Gasteiger partial charge < -0.3 is 9.80 Å². The molecule has 0 aliphatic carbocycles. The topological polar surface area (TPSA) is 6.48 Å². The normalized spacial score (nSPS) is 11.6. The molecule has 0 saturated heterocycles. The molecule has 334 valence electrons. The van der Waals surface area contributed by atoms with Gasteiger partial charge in [0.1, 0.15) is 0 Å². The fourth-order valence-corrected chi connectivity index (χ4v) is 9.06.